The molecule has 14 heavy (non-hydrogen) atoms. The molecule has 0 aliphatic heterocycles. The lowest BCUT2D eigenvalue weighted by atomic mass is 10.1. The molecule has 1 aromatic rings. The Kier molecular flexibility index (Phi) is 3.33. The number of phenolic OH excluding ortho intramolecular Hbond substituents is 2. The van der Waals surface area contributed by atoms with Crippen LogP contribution >= 0.6 is 0 Å². The lowest BCUT2D eigenvalue weighted by Crippen LogP contribution is -2.27. The molecule has 0 heterocycles. The van der Waals surface area contributed by atoms with Gasteiger partial charge in [-0.2, -0.15) is 5.06 Å². The van der Waals surface area contributed by atoms with Crippen LogP contribution in [0.2, 0.25) is 0 Å². The molecule has 1 unspecified atom stereocenters. The first-order valence-corrected chi connectivity index (χ1v) is 4.43. The lowest BCUT2D eigenvalue weighted by Gasteiger charge is -2.17. The van der Waals surface area contributed by atoms with Gasteiger partial charge in [0.1, 0.15) is 0 Å². The van der Waals surface area contributed by atoms with Crippen LogP contribution in [0.15, 0.2) is 18.2 Å². The summed E-state index contributed by atoms with van der Waals surface area (Å²) in [6, 6.07) is 4.62. The van der Waals surface area contributed by atoms with E-state index in [0.29, 0.717) is 6.42 Å². The molecular formula is C10H15NO3. The second kappa shape index (κ2) is 4.30. The van der Waals surface area contributed by atoms with Gasteiger partial charge in [-0.3, -0.25) is 0 Å². The monoisotopic (exact) mass is 197 g/mol. The van der Waals surface area contributed by atoms with E-state index in [0.717, 1.165) is 10.6 Å². The summed E-state index contributed by atoms with van der Waals surface area (Å²) in [5.74, 6) is -0.256. The van der Waals surface area contributed by atoms with E-state index in [1.807, 2.05) is 6.92 Å². The van der Waals surface area contributed by atoms with Crippen LogP contribution in [-0.2, 0) is 6.42 Å². The van der Waals surface area contributed by atoms with Gasteiger partial charge in [0.25, 0.3) is 0 Å². The van der Waals surface area contributed by atoms with Crippen LogP contribution in [-0.4, -0.2) is 33.6 Å². The van der Waals surface area contributed by atoms with Crippen molar-refractivity contribution in [2.24, 2.45) is 0 Å². The minimum Gasteiger partial charge on any atom is -0.504 e. The van der Waals surface area contributed by atoms with E-state index in [2.05, 4.69) is 0 Å². The van der Waals surface area contributed by atoms with Crippen molar-refractivity contribution in [3.8, 4) is 11.5 Å². The molecule has 0 aliphatic carbocycles. The highest BCUT2D eigenvalue weighted by Crippen LogP contribution is 2.25. The largest absolute Gasteiger partial charge is 0.504 e. The standard InChI is InChI=1S/C10H15NO3/c1-7(11(2)14)5-8-3-4-9(12)10(13)6-8/h3-4,6-7,12-14H,5H2,1-2H3. The molecule has 4 nitrogen and oxygen atoms in total. The highest BCUT2D eigenvalue weighted by molar-refractivity contribution is 5.40. The van der Waals surface area contributed by atoms with Gasteiger partial charge in [-0.15, -0.1) is 0 Å². The van der Waals surface area contributed by atoms with Crippen molar-refractivity contribution >= 4 is 0 Å². The molecule has 78 valence electrons. The van der Waals surface area contributed by atoms with Gasteiger partial charge in [0.15, 0.2) is 11.5 Å². The maximum atomic E-state index is 9.23. The van der Waals surface area contributed by atoms with Gasteiger partial charge >= 0.3 is 0 Å². The predicted octanol–water partition coefficient (Wildman–Crippen LogP) is 1.35. The Morgan fingerprint density at radius 3 is 2.43 bits per heavy atom. The molecule has 0 aromatic heterocycles. The van der Waals surface area contributed by atoms with Crippen LogP contribution in [0.25, 0.3) is 0 Å². The summed E-state index contributed by atoms with van der Waals surface area (Å²) in [5, 5.41) is 28.5. The Labute approximate surface area is 83.0 Å². The first kappa shape index (κ1) is 10.8. The fourth-order valence-corrected chi connectivity index (χ4v) is 1.17. The molecule has 0 amide bonds. The zero-order chi connectivity index (χ0) is 10.7. The van der Waals surface area contributed by atoms with E-state index in [1.54, 1.807) is 13.1 Å². The molecular weight excluding hydrogens is 182 g/mol. The Balaban J connectivity index is 2.73. The highest BCUT2D eigenvalue weighted by atomic mass is 16.5. The van der Waals surface area contributed by atoms with Crippen molar-refractivity contribution in [3.05, 3.63) is 23.8 Å². The van der Waals surface area contributed by atoms with E-state index in [-0.39, 0.29) is 17.5 Å². The van der Waals surface area contributed by atoms with Crippen LogP contribution in [0.4, 0.5) is 0 Å². The van der Waals surface area contributed by atoms with E-state index in [1.165, 1.54) is 12.1 Å². The molecule has 3 N–H and O–H groups in total. The smallest absolute Gasteiger partial charge is 0.157 e. The molecule has 0 spiro atoms. The molecule has 0 saturated heterocycles. The van der Waals surface area contributed by atoms with Crippen molar-refractivity contribution in [3.63, 3.8) is 0 Å². The summed E-state index contributed by atoms with van der Waals surface area (Å²) in [5.41, 5.74) is 0.869. The minimum atomic E-state index is -0.129. The average Bonchev–Trinajstić information content (AvgIpc) is 2.11. The summed E-state index contributed by atoms with van der Waals surface area (Å²) in [7, 11) is 1.57. The Bertz CT molecular complexity index is 312. The van der Waals surface area contributed by atoms with Crippen molar-refractivity contribution < 1.29 is 15.4 Å². The number of hydrogen-bond acceptors (Lipinski definition) is 4. The molecule has 1 atom stereocenters. The van der Waals surface area contributed by atoms with Gasteiger partial charge in [0, 0.05) is 13.1 Å². The lowest BCUT2D eigenvalue weighted by molar-refractivity contribution is -0.0963. The highest BCUT2D eigenvalue weighted by Gasteiger charge is 2.08. The number of rotatable bonds is 3. The molecule has 1 rings (SSSR count). The molecule has 0 bridgehead atoms. The zero-order valence-corrected chi connectivity index (χ0v) is 8.31. The van der Waals surface area contributed by atoms with Crippen molar-refractivity contribution in [2.75, 3.05) is 7.05 Å². The number of phenols is 2. The van der Waals surface area contributed by atoms with Gasteiger partial charge in [-0.05, 0) is 31.0 Å². The van der Waals surface area contributed by atoms with Crippen molar-refractivity contribution in [1.82, 2.24) is 5.06 Å². The zero-order valence-electron chi connectivity index (χ0n) is 8.31. The summed E-state index contributed by atoms with van der Waals surface area (Å²) >= 11 is 0. The maximum Gasteiger partial charge on any atom is 0.157 e. The van der Waals surface area contributed by atoms with Crippen LogP contribution in [0, 0.1) is 0 Å². The summed E-state index contributed by atoms with van der Waals surface area (Å²) in [4.78, 5) is 0. The third-order valence-corrected chi connectivity index (χ3v) is 2.21. The SMILES string of the molecule is CC(Cc1ccc(O)c(O)c1)N(C)O. The van der Waals surface area contributed by atoms with Crippen LogP contribution in [0.1, 0.15) is 12.5 Å². The van der Waals surface area contributed by atoms with E-state index >= 15 is 0 Å². The third kappa shape index (κ3) is 2.61. The molecule has 0 fully saturated rings. The van der Waals surface area contributed by atoms with Crippen molar-refractivity contribution in [2.45, 2.75) is 19.4 Å². The summed E-state index contributed by atoms with van der Waals surface area (Å²) < 4.78 is 0. The quantitative estimate of drug-likeness (QED) is 0.505. The van der Waals surface area contributed by atoms with Gasteiger partial charge in [0.2, 0.25) is 0 Å². The fraction of sp³-hybridized carbons (Fsp3) is 0.400. The summed E-state index contributed by atoms with van der Waals surface area (Å²) in [6.45, 7) is 1.86. The first-order valence-electron chi connectivity index (χ1n) is 4.43. The van der Waals surface area contributed by atoms with Gasteiger partial charge in [-0.1, -0.05) is 6.07 Å². The van der Waals surface area contributed by atoms with Crippen LogP contribution in [0.3, 0.4) is 0 Å². The van der Waals surface area contributed by atoms with Crippen LogP contribution in [0.5, 0.6) is 11.5 Å². The molecule has 4 heteroatoms. The van der Waals surface area contributed by atoms with Gasteiger partial charge in [-0.25, -0.2) is 0 Å². The number of likely N-dealkylation sites (N-methyl/N-ethyl adjacent to an activating group) is 1. The normalized spacial score (nSPS) is 13.1. The number of hydroxylamine groups is 2. The third-order valence-electron chi connectivity index (χ3n) is 2.21. The molecule has 0 aliphatic rings. The number of hydrogen-bond donors (Lipinski definition) is 3. The topological polar surface area (TPSA) is 63.9 Å². The predicted molar refractivity (Wildman–Crippen MR) is 52.5 cm³/mol. The molecule has 0 radical (unpaired) electrons. The first-order chi connectivity index (χ1) is 6.50. The average molecular weight is 197 g/mol. The van der Waals surface area contributed by atoms with Crippen LogP contribution < -0.4 is 0 Å². The van der Waals surface area contributed by atoms with E-state index in [4.69, 9.17) is 10.3 Å². The number of nitrogens with zero attached hydrogens (tertiary/aromatic N) is 1. The molecule has 0 saturated carbocycles. The van der Waals surface area contributed by atoms with E-state index < -0.39 is 0 Å². The van der Waals surface area contributed by atoms with Gasteiger partial charge in [0.05, 0.1) is 0 Å². The Morgan fingerprint density at radius 2 is 1.93 bits per heavy atom. The number of aromatic hydroxyl groups is 2. The minimum absolute atomic E-state index is 0.0288. The maximum absolute atomic E-state index is 9.23. The van der Waals surface area contributed by atoms with Crippen molar-refractivity contribution in [1.29, 1.82) is 0 Å². The number of benzene rings is 1. The molecule has 1 aromatic carbocycles. The van der Waals surface area contributed by atoms with Gasteiger partial charge < -0.3 is 15.4 Å². The van der Waals surface area contributed by atoms with E-state index in [9.17, 15) is 5.11 Å². The Morgan fingerprint density at radius 1 is 1.29 bits per heavy atom. The second-order valence-electron chi connectivity index (χ2n) is 3.45. The second-order valence-corrected chi connectivity index (χ2v) is 3.45. The summed E-state index contributed by atoms with van der Waals surface area (Å²) in [6.07, 6.45) is 0.612. The fourth-order valence-electron chi connectivity index (χ4n) is 1.17. The Hall–Kier alpha value is -1.26.